The molecular weight excluding hydrogens is 415 g/mol. The molecule has 9 atom stereocenters. The Morgan fingerprint density at radius 3 is 2.64 bits per heavy atom. The Balaban J connectivity index is 1.42. The fourth-order valence-corrected chi connectivity index (χ4v) is 9.05. The maximum atomic E-state index is 14.4. The lowest BCUT2D eigenvalue weighted by Crippen LogP contribution is -2.51. The number of alkyl halides is 1. The van der Waals surface area contributed by atoms with Gasteiger partial charge in [0.05, 0.1) is 5.60 Å². The van der Waals surface area contributed by atoms with Crippen LogP contribution in [0.3, 0.4) is 0 Å². The van der Waals surface area contributed by atoms with Gasteiger partial charge in [0.25, 0.3) is 0 Å². The van der Waals surface area contributed by atoms with Crippen LogP contribution in [0.25, 0.3) is 0 Å². The smallest absolute Gasteiger partial charge is 0.210 e. The second kappa shape index (κ2) is 9.21. The van der Waals surface area contributed by atoms with Crippen LogP contribution in [0.15, 0.2) is 11.6 Å². The summed E-state index contributed by atoms with van der Waals surface area (Å²) in [4.78, 5) is 0. The molecule has 0 unspecified atom stereocenters. The van der Waals surface area contributed by atoms with E-state index in [1.165, 1.54) is 31.3 Å². The highest BCUT2D eigenvalue weighted by Crippen LogP contribution is 2.67. The molecular formula is C29H49FO3. The molecule has 2 N–H and O–H groups in total. The van der Waals surface area contributed by atoms with Gasteiger partial charge in [-0.2, -0.15) is 0 Å². The van der Waals surface area contributed by atoms with Gasteiger partial charge in [0.15, 0.2) is 0 Å². The van der Waals surface area contributed by atoms with Crippen molar-refractivity contribution in [2.45, 2.75) is 116 Å². The second-order valence-electron chi connectivity index (χ2n) is 13.2. The first-order chi connectivity index (χ1) is 15.4. The molecule has 3 saturated carbocycles. The van der Waals surface area contributed by atoms with E-state index in [-0.39, 0.29) is 18.3 Å². The van der Waals surface area contributed by atoms with E-state index in [4.69, 9.17) is 4.74 Å². The Hall–Kier alpha value is -0.450. The number of aliphatic hydroxyl groups is 2. The highest BCUT2D eigenvalue weighted by molar-refractivity contribution is 5.26. The molecule has 0 saturated heterocycles. The van der Waals surface area contributed by atoms with Crippen molar-refractivity contribution in [3.05, 3.63) is 11.6 Å². The highest BCUT2D eigenvalue weighted by atomic mass is 19.2. The molecule has 190 valence electrons. The molecule has 33 heavy (non-hydrogen) atoms. The van der Waals surface area contributed by atoms with Crippen LogP contribution in [0.4, 0.5) is 4.39 Å². The van der Waals surface area contributed by atoms with Crippen LogP contribution >= 0.6 is 0 Å². The van der Waals surface area contributed by atoms with Crippen molar-refractivity contribution < 1.29 is 19.3 Å². The number of hydrogen-bond acceptors (Lipinski definition) is 3. The van der Waals surface area contributed by atoms with Crippen molar-refractivity contribution in [2.24, 2.45) is 40.4 Å². The van der Waals surface area contributed by atoms with Crippen LogP contribution in [0, 0.1) is 40.4 Å². The zero-order chi connectivity index (χ0) is 24.1. The normalized spacial score (nSPS) is 45.4. The third-order valence-corrected chi connectivity index (χ3v) is 11.1. The first-order valence-electron chi connectivity index (χ1n) is 13.7. The Labute approximate surface area is 201 Å². The van der Waals surface area contributed by atoms with Crippen molar-refractivity contribution in [1.82, 2.24) is 0 Å². The summed E-state index contributed by atoms with van der Waals surface area (Å²) < 4.78 is 19.6. The third kappa shape index (κ3) is 4.83. The minimum atomic E-state index is -2.00. The van der Waals surface area contributed by atoms with Crippen LogP contribution in [-0.4, -0.2) is 35.4 Å². The predicted octanol–water partition coefficient (Wildman–Crippen LogP) is 6.82. The van der Waals surface area contributed by atoms with E-state index in [9.17, 15) is 14.6 Å². The van der Waals surface area contributed by atoms with E-state index in [1.807, 2.05) is 6.92 Å². The number of halogens is 1. The van der Waals surface area contributed by atoms with Gasteiger partial charge >= 0.3 is 0 Å². The number of fused-ring (bicyclic) bond motifs is 5. The van der Waals surface area contributed by atoms with E-state index in [2.05, 4.69) is 26.8 Å². The largest absolute Gasteiger partial charge is 0.390 e. The summed E-state index contributed by atoms with van der Waals surface area (Å²) in [5.74, 6) is 1.47. The molecule has 0 aromatic heterocycles. The van der Waals surface area contributed by atoms with Gasteiger partial charge in [0.2, 0.25) is 5.85 Å². The van der Waals surface area contributed by atoms with Gasteiger partial charge in [0, 0.05) is 26.6 Å². The summed E-state index contributed by atoms with van der Waals surface area (Å²) in [6, 6.07) is 0. The average Bonchev–Trinajstić information content (AvgIpc) is 3.10. The lowest BCUT2D eigenvalue weighted by atomic mass is 9.47. The summed E-state index contributed by atoms with van der Waals surface area (Å²) in [7, 11) is 1.72. The van der Waals surface area contributed by atoms with Crippen molar-refractivity contribution in [1.29, 1.82) is 0 Å². The fourth-order valence-electron chi connectivity index (χ4n) is 9.05. The monoisotopic (exact) mass is 464 g/mol. The highest BCUT2D eigenvalue weighted by Gasteiger charge is 2.60. The molecule has 0 amide bonds. The molecule has 4 aliphatic rings. The van der Waals surface area contributed by atoms with Crippen molar-refractivity contribution in [2.75, 3.05) is 13.7 Å². The molecule has 4 aliphatic carbocycles. The molecule has 0 aromatic rings. The van der Waals surface area contributed by atoms with Gasteiger partial charge in [-0.25, -0.2) is 4.39 Å². The number of allylic oxidation sites excluding steroid dienone is 1. The maximum absolute atomic E-state index is 14.4. The minimum absolute atomic E-state index is 0.0766. The lowest BCUT2D eigenvalue weighted by molar-refractivity contribution is -0.134. The Bertz CT molecular complexity index is 730. The van der Waals surface area contributed by atoms with Gasteiger partial charge in [-0.15, -0.1) is 0 Å². The number of rotatable bonds is 8. The van der Waals surface area contributed by atoms with Crippen molar-refractivity contribution >= 4 is 0 Å². The van der Waals surface area contributed by atoms with E-state index >= 15 is 0 Å². The standard InChI is InChI=1S/C29H49FO3/c1-20(11-14-26(2,31)13-6-18-33-5)23-9-10-24-22-8-7-21-19-29(30,32)17-16-27(21,3)25(22)12-15-28(23,24)4/h7,20,22-25,31-32H,6,8-19H2,1-5H3/t20-,22+,23-,24+,25+,26-,27+,28-,29+/m1/s1. The van der Waals surface area contributed by atoms with Gasteiger partial charge in [-0.05, 0) is 112 Å². The Morgan fingerprint density at radius 1 is 1.15 bits per heavy atom. The predicted molar refractivity (Wildman–Crippen MR) is 131 cm³/mol. The molecule has 0 aromatic carbocycles. The third-order valence-electron chi connectivity index (χ3n) is 11.1. The number of ether oxygens (including phenoxy) is 1. The summed E-state index contributed by atoms with van der Waals surface area (Å²) in [5.41, 5.74) is 1.07. The zero-order valence-corrected chi connectivity index (χ0v) is 21.8. The molecule has 0 radical (unpaired) electrons. The average molecular weight is 465 g/mol. The molecule has 3 nitrogen and oxygen atoms in total. The summed E-state index contributed by atoms with van der Waals surface area (Å²) in [5, 5.41) is 20.9. The molecule has 3 fully saturated rings. The van der Waals surface area contributed by atoms with E-state index in [0.717, 1.165) is 57.0 Å². The van der Waals surface area contributed by atoms with Crippen LogP contribution < -0.4 is 0 Å². The van der Waals surface area contributed by atoms with E-state index in [0.29, 0.717) is 23.2 Å². The van der Waals surface area contributed by atoms with Crippen LogP contribution in [0.5, 0.6) is 0 Å². The maximum Gasteiger partial charge on any atom is 0.210 e. The molecule has 0 spiro atoms. The number of methoxy groups -OCH3 is 1. The van der Waals surface area contributed by atoms with Crippen LogP contribution in [0.2, 0.25) is 0 Å². The minimum Gasteiger partial charge on any atom is -0.390 e. The zero-order valence-electron chi connectivity index (χ0n) is 21.8. The molecule has 4 rings (SSSR count). The van der Waals surface area contributed by atoms with Crippen molar-refractivity contribution in [3.8, 4) is 0 Å². The Morgan fingerprint density at radius 2 is 1.91 bits per heavy atom. The summed E-state index contributed by atoms with van der Waals surface area (Å²) >= 11 is 0. The molecule has 4 heteroatoms. The first-order valence-corrected chi connectivity index (χ1v) is 13.7. The summed E-state index contributed by atoms with van der Waals surface area (Å²) in [6.07, 6.45) is 13.5. The van der Waals surface area contributed by atoms with Gasteiger partial charge in [-0.3, -0.25) is 0 Å². The second-order valence-corrected chi connectivity index (χ2v) is 13.2. The number of hydrogen-bond donors (Lipinski definition) is 2. The fraction of sp³-hybridized carbons (Fsp3) is 0.931. The topological polar surface area (TPSA) is 49.7 Å². The lowest BCUT2D eigenvalue weighted by Gasteiger charge is -2.58. The quantitative estimate of drug-likeness (QED) is 0.306. The molecule has 0 aliphatic heterocycles. The van der Waals surface area contributed by atoms with Gasteiger partial charge in [0.1, 0.15) is 0 Å². The van der Waals surface area contributed by atoms with Crippen LogP contribution in [-0.2, 0) is 4.74 Å². The SMILES string of the molecule is COCCC[C@@](C)(O)CC[C@@H](C)[C@H]1CC[C@H]2[C@@H]3CC=C4C[C@](O)(F)CC[C@]4(C)[C@H]3CC[C@]12C. The van der Waals surface area contributed by atoms with Gasteiger partial charge < -0.3 is 14.9 Å². The van der Waals surface area contributed by atoms with Gasteiger partial charge in [-0.1, -0.05) is 32.4 Å². The summed E-state index contributed by atoms with van der Waals surface area (Å²) in [6.45, 7) is 10.1. The molecule has 0 heterocycles. The Kier molecular flexibility index (Phi) is 7.15. The molecule has 0 bridgehead atoms. The van der Waals surface area contributed by atoms with Crippen LogP contribution in [0.1, 0.15) is 105 Å². The van der Waals surface area contributed by atoms with E-state index < -0.39 is 11.5 Å². The first kappa shape index (κ1) is 25.6. The van der Waals surface area contributed by atoms with E-state index in [1.54, 1.807) is 7.11 Å². The van der Waals surface area contributed by atoms with Crippen molar-refractivity contribution in [3.63, 3.8) is 0 Å².